The van der Waals surface area contributed by atoms with E-state index in [1.807, 2.05) is 13.2 Å². The molecule has 0 unspecified atom stereocenters. The average molecular weight is 393 g/mol. The van der Waals surface area contributed by atoms with Crippen molar-refractivity contribution in [3.8, 4) is 0 Å². The molecule has 1 saturated heterocycles. The van der Waals surface area contributed by atoms with E-state index in [0.29, 0.717) is 12.1 Å². The SMILES string of the molecule is CO[C@@]12CC[C@@H](OCC3CC3)C[C@@H]1N(Cc1[nH]nc3ncccc13)CC2.Cl. The largest absolute Gasteiger partial charge is 0.378 e. The van der Waals surface area contributed by atoms with Crippen LogP contribution in [-0.4, -0.2) is 58.1 Å². The van der Waals surface area contributed by atoms with E-state index >= 15 is 0 Å². The van der Waals surface area contributed by atoms with Gasteiger partial charge in [-0.2, -0.15) is 5.10 Å². The summed E-state index contributed by atoms with van der Waals surface area (Å²) in [6.45, 7) is 2.89. The van der Waals surface area contributed by atoms with Gasteiger partial charge in [-0.1, -0.05) is 0 Å². The molecule has 0 spiro atoms. The van der Waals surface area contributed by atoms with Gasteiger partial charge in [-0.05, 0) is 56.6 Å². The number of hydrogen-bond donors (Lipinski definition) is 1. The van der Waals surface area contributed by atoms with Crippen LogP contribution in [0.2, 0.25) is 0 Å². The van der Waals surface area contributed by atoms with Crippen molar-refractivity contribution in [2.45, 2.75) is 62.8 Å². The van der Waals surface area contributed by atoms with Gasteiger partial charge >= 0.3 is 0 Å². The quantitative estimate of drug-likeness (QED) is 0.817. The van der Waals surface area contributed by atoms with Gasteiger partial charge in [0.2, 0.25) is 0 Å². The first-order chi connectivity index (χ1) is 12.8. The summed E-state index contributed by atoms with van der Waals surface area (Å²) in [5.41, 5.74) is 1.95. The van der Waals surface area contributed by atoms with Crippen LogP contribution < -0.4 is 0 Å². The average Bonchev–Trinajstić information content (AvgIpc) is 3.33. The second kappa shape index (κ2) is 7.66. The lowest BCUT2D eigenvalue weighted by molar-refractivity contribution is -0.103. The Morgan fingerprint density at radius 1 is 1.30 bits per heavy atom. The zero-order valence-corrected chi connectivity index (χ0v) is 16.7. The molecule has 3 atom stereocenters. The molecule has 2 aromatic rings. The van der Waals surface area contributed by atoms with Gasteiger partial charge in [-0.25, -0.2) is 4.98 Å². The van der Waals surface area contributed by atoms with Crippen molar-refractivity contribution in [2.24, 2.45) is 5.92 Å². The number of halogens is 1. The fourth-order valence-corrected chi connectivity index (χ4v) is 4.88. The third-order valence-electron chi connectivity index (χ3n) is 6.69. The van der Waals surface area contributed by atoms with Crippen molar-refractivity contribution < 1.29 is 9.47 Å². The van der Waals surface area contributed by atoms with Crippen LogP contribution in [0.1, 0.15) is 44.2 Å². The molecule has 2 saturated carbocycles. The minimum atomic E-state index is -0.00643. The number of aromatic amines is 1. The Bertz CT molecular complexity index is 780. The Morgan fingerprint density at radius 3 is 3.00 bits per heavy atom. The van der Waals surface area contributed by atoms with Crippen molar-refractivity contribution in [1.82, 2.24) is 20.1 Å². The highest BCUT2D eigenvalue weighted by molar-refractivity contribution is 5.85. The molecule has 5 rings (SSSR count). The number of likely N-dealkylation sites (tertiary alicyclic amines) is 1. The van der Waals surface area contributed by atoms with E-state index in [9.17, 15) is 0 Å². The van der Waals surface area contributed by atoms with Crippen LogP contribution in [0.4, 0.5) is 0 Å². The van der Waals surface area contributed by atoms with Gasteiger partial charge in [0.25, 0.3) is 0 Å². The summed E-state index contributed by atoms with van der Waals surface area (Å²) in [5, 5.41) is 8.68. The summed E-state index contributed by atoms with van der Waals surface area (Å²) in [6.07, 6.45) is 9.29. The van der Waals surface area contributed by atoms with Crippen LogP contribution in [0.3, 0.4) is 0 Å². The number of nitrogens with one attached hydrogen (secondary N) is 1. The highest BCUT2D eigenvalue weighted by Crippen LogP contribution is 2.44. The van der Waals surface area contributed by atoms with Gasteiger partial charge in [-0.15, -0.1) is 12.4 Å². The molecular weight excluding hydrogens is 364 g/mol. The highest BCUT2D eigenvalue weighted by Gasteiger charge is 2.51. The fourth-order valence-electron chi connectivity index (χ4n) is 4.88. The number of H-pyrrole nitrogens is 1. The van der Waals surface area contributed by atoms with Crippen LogP contribution >= 0.6 is 12.4 Å². The molecule has 0 amide bonds. The zero-order valence-electron chi connectivity index (χ0n) is 15.9. The van der Waals surface area contributed by atoms with Crippen molar-refractivity contribution in [3.63, 3.8) is 0 Å². The van der Waals surface area contributed by atoms with Crippen molar-refractivity contribution >= 4 is 23.4 Å². The van der Waals surface area contributed by atoms with Crippen LogP contribution in [0.5, 0.6) is 0 Å². The van der Waals surface area contributed by atoms with Crippen LogP contribution in [0.25, 0.3) is 11.0 Å². The summed E-state index contributed by atoms with van der Waals surface area (Å²) < 4.78 is 12.3. The van der Waals surface area contributed by atoms with Gasteiger partial charge < -0.3 is 9.47 Å². The predicted octanol–water partition coefficient (Wildman–Crippen LogP) is 3.32. The normalized spacial score (nSPS) is 31.0. The number of fused-ring (bicyclic) bond motifs is 2. The van der Waals surface area contributed by atoms with E-state index in [1.165, 1.54) is 12.8 Å². The van der Waals surface area contributed by atoms with Gasteiger partial charge in [0.1, 0.15) is 0 Å². The Hall–Kier alpha value is -1.21. The van der Waals surface area contributed by atoms with Gasteiger partial charge in [-0.3, -0.25) is 10.00 Å². The van der Waals surface area contributed by atoms with Crippen molar-refractivity contribution in [3.05, 3.63) is 24.0 Å². The zero-order chi connectivity index (χ0) is 17.6. The molecule has 3 heterocycles. The molecule has 148 valence electrons. The number of nitrogens with zero attached hydrogens (tertiary/aromatic N) is 3. The van der Waals surface area contributed by atoms with Gasteiger partial charge in [0, 0.05) is 44.4 Å². The third-order valence-corrected chi connectivity index (χ3v) is 6.69. The molecule has 6 nitrogen and oxygen atoms in total. The maximum atomic E-state index is 6.25. The summed E-state index contributed by atoms with van der Waals surface area (Å²) in [7, 11) is 1.89. The van der Waals surface area contributed by atoms with Crippen molar-refractivity contribution in [1.29, 1.82) is 0 Å². The molecule has 0 radical (unpaired) electrons. The van der Waals surface area contributed by atoms with E-state index in [0.717, 1.165) is 68.0 Å². The standard InChI is InChI=1S/C20H28N4O2.ClH/c1-25-20-7-6-15(26-13-14-4-5-14)11-18(20)24(10-8-20)12-17-16-3-2-9-21-19(16)23-22-17;/h2-3,9,14-15,18H,4-8,10-13H2,1H3,(H,21,22,23);1H/t15-,18+,20-;/m1./s1. The maximum Gasteiger partial charge on any atom is 0.181 e. The van der Waals surface area contributed by atoms with E-state index in [-0.39, 0.29) is 18.0 Å². The van der Waals surface area contributed by atoms with E-state index in [4.69, 9.17) is 9.47 Å². The Morgan fingerprint density at radius 2 is 2.19 bits per heavy atom. The molecule has 27 heavy (non-hydrogen) atoms. The Balaban J connectivity index is 0.00000180. The number of rotatable bonds is 6. The van der Waals surface area contributed by atoms with Crippen LogP contribution in [0, 0.1) is 5.92 Å². The van der Waals surface area contributed by atoms with Crippen molar-refractivity contribution in [2.75, 3.05) is 20.3 Å². The summed E-state index contributed by atoms with van der Waals surface area (Å²) in [6, 6.07) is 4.50. The summed E-state index contributed by atoms with van der Waals surface area (Å²) in [5.74, 6) is 0.827. The number of ether oxygens (including phenoxy) is 2. The smallest absolute Gasteiger partial charge is 0.181 e. The number of pyridine rings is 1. The van der Waals surface area contributed by atoms with E-state index in [2.05, 4.69) is 26.1 Å². The second-order valence-electron chi connectivity index (χ2n) is 8.25. The first-order valence-corrected chi connectivity index (χ1v) is 9.96. The molecule has 7 heteroatoms. The monoisotopic (exact) mass is 392 g/mol. The molecule has 2 aliphatic carbocycles. The lowest BCUT2D eigenvalue weighted by atomic mass is 9.79. The molecular formula is C20H29ClN4O2. The van der Waals surface area contributed by atoms with Gasteiger partial charge in [0.15, 0.2) is 5.65 Å². The molecule has 2 aromatic heterocycles. The summed E-state index contributed by atoms with van der Waals surface area (Å²) in [4.78, 5) is 6.91. The van der Waals surface area contributed by atoms with Crippen LogP contribution in [-0.2, 0) is 16.0 Å². The van der Waals surface area contributed by atoms with E-state index in [1.54, 1.807) is 6.20 Å². The third kappa shape index (κ3) is 3.60. The lowest BCUT2D eigenvalue weighted by Gasteiger charge is -2.43. The number of aromatic nitrogens is 3. The van der Waals surface area contributed by atoms with E-state index < -0.39 is 0 Å². The molecule has 0 aromatic carbocycles. The lowest BCUT2D eigenvalue weighted by Crippen LogP contribution is -2.51. The van der Waals surface area contributed by atoms with Gasteiger partial charge in [0.05, 0.1) is 17.4 Å². The predicted molar refractivity (Wildman–Crippen MR) is 106 cm³/mol. The maximum absolute atomic E-state index is 6.25. The molecule has 3 fully saturated rings. The molecule has 0 bridgehead atoms. The molecule has 3 aliphatic rings. The molecule has 1 aliphatic heterocycles. The molecule has 1 N–H and O–H groups in total. The Labute approximate surface area is 166 Å². The first kappa shape index (κ1) is 19.1. The van der Waals surface area contributed by atoms with Crippen LogP contribution in [0.15, 0.2) is 18.3 Å². The second-order valence-corrected chi connectivity index (χ2v) is 8.25. The fraction of sp³-hybridized carbons (Fsp3) is 0.700. The number of hydrogen-bond acceptors (Lipinski definition) is 5. The first-order valence-electron chi connectivity index (χ1n) is 9.96. The minimum Gasteiger partial charge on any atom is -0.378 e. The Kier molecular flexibility index (Phi) is 5.43. The highest BCUT2D eigenvalue weighted by atomic mass is 35.5. The minimum absolute atomic E-state index is 0. The topological polar surface area (TPSA) is 63.3 Å². The summed E-state index contributed by atoms with van der Waals surface area (Å²) >= 11 is 0. The number of methoxy groups -OCH3 is 1.